The highest BCUT2D eigenvalue weighted by atomic mass is 32.2. The Kier molecular flexibility index (Phi) is 5.94. The first-order valence-electron chi connectivity index (χ1n) is 11.4. The predicted molar refractivity (Wildman–Crippen MR) is 139 cm³/mol. The molecule has 6 nitrogen and oxygen atoms in total. The summed E-state index contributed by atoms with van der Waals surface area (Å²) in [7, 11) is -2.57. The Morgan fingerprint density at radius 3 is 2.37 bits per heavy atom. The molecule has 35 heavy (non-hydrogen) atoms. The van der Waals surface area contributed by atoms with Crippen LogP contribution >= 0.6 is 0 Å². The Hall–Kier alpha value is -3.84. The van der Waals surface area contributed by atoms with E-state index in [0.717, 1.165) is 28.1 Å². The minimum absolute atomic E-state index is 0.104. The van der Waals surface area contributed by atoms with Gasteiger partial charge in [-0.2, -0.15) is 0 Å². The number of hydrogen-bond donors (Lipinski definition) is 1. The van der Waals surface area contributed by atoms with E-state index < -0.39 is 22.5 Å². The Labute approximate surface area is 205 Å². The zero-order valence-corrected chi connectivity index (χ0v) is 20.4. The molecule has 178 valence electrons. The lowest BCUT2D eigenvalue weighted by Crippen LogP contribution is -2.38. The zero-order chi connectivity index (χ0) is 24.6. The molecule has 0 radical (unpaired) electrons. The number of rotatable bonds is 7. The summed E-state index contributed by atoms with van der Waals surface area (Å²) in [6.45, 7) is 1.49. The Morgan fingerprint density at radius 1 is 0.914 bits per heavy atom. The van der Waals surface area contributed by atoms with Gasteiger partial charge in [-0.05, 0) is 66.6 Å². The third-order valence-electron chi connectivity index (χ3n) is 6.40. The van der Waals surface area contributed by atoms with E-state index in [2.05, 4.69) is 11.4 Å². The van der Waals surface area contributed by atoms with Gasteiger partial charge in [0.25, 0.3) is 10.0 Å². The van der Waals surface area contributed by atoms with Gasteiger partial charge in [-0.1, -0.05) is 54.1 Å². The summed E-state index contributed by atoms with van der Waals surface area (Å²) in [5, 5.41) is 5.10. The van der Waals surface area contributed by atoms with Gasteiger partial charge >= 0.3 is 0 Å². The van der Waals surface area contributed by atoms with Crippen molar-refractivity contribution >= 4 is 38.1 Å². The Balaban J connectivity index is 1.52. The molecule has 0 bridgehead atoms. The van der Waals surface area contributed by atoms with Crippen LogP contribution in [0, 0.1) is 6.92 Å². The normalized spacial score (nSPS) is 12.5. The van der Waals surface area contributed by atoms with E-state index in [1.165, 1.54) is 23.6 Å². The molecule has 0 unspecified atom stereocenters. The maximum atomic E-state index is 13.7. The number of benzene rings is 4. The number of anilines is 2. The summed E-state index contributed by atoms with van der Waals surface area (Å²) in [5.41, 5.74) is 4.45. The fraction of sp³-hybridized carbons (Fsp3) is 0.179. The number of hydrogen-bond acceptors (Lipinski definition) is 4. The number of para-hydroxylation sites is 2. The van der Waals surface area contributed by atoms with E-state index in [9.17, 15) is 13.2 Å². The lowest BCUT2D eigenvalue weighted by molar-refractivity contribution is -0.114. The molecule has 5 rings (SSSR count). The van der Waals surface area contributed by atoms with E-state index in [-0.39, 0.29) is 4.90 Å². The van der Waals surface area contributed by atoms with E-state index in [1.54, 1.807) is 48.5 Å². The van der Waals surface area contributed by atoms with Crippen molar-refractivity contribution in [1.29, 1.82) is 0 Å². The second-order valence-electron chi connectivity index (χ2n) is 8.66. The molecule has 0 aliphatic heterocycles. The SMILES string of the molecule is COc1ccccc1N(CC(=O)Nc1ccc2c3c(cccc13)CC2)S(=O)(=O)c1ccc(C)cc1. The van der Waals surface area contributed by atoms with Crippen LogP contribution in [0.2, 0.25) is 0 Å². The zero-order valence-electron chi connectivity index (χ0n) is 19.6. The highest BCUT2D eigenvalue weighted by molar-refractivity contribution is 7.92. The molecule has 4 aromatic carbocycles. The van der Waals surface area contributed by atoms with Crippen LogP contribution in [0.15, 0.2) is 83.8 Å². The molecule has 0 fully saturated rings. The molecule has 0 spiro atoms. The van der Waals surface area contributed by atoms with Crippen LogP contribution in [0.5, 0.6) is 5.75 Å². The molecule has 1 aliphatic rings. The van der Waals surface area contributed by atoms with Gasteiger partial charge < -0.3 is 10.1 Å². The topological polar surface area (TPSA) is 75.7 Å². The molecule has 1 aliphatic carbocycles. The number of nitrogens with one attached hydrogen (secondary N) is 1. The standard InChI is InChI=1S/C28H26N2O4S/c1-19-10-15-22(16-11-19)35(32,33)30(25-8-3-4-9-26(25)34-2)18-27(31)29-24-17-14-21-13-12-20-6-5-7-23(24)28(20)21/h3-11,14-17H,12-13,18H2,1-2H3,(H,29,31). The van der Waals surface area contributed by atoms with Crippen molar-refractivity contribution in [1.82, 2.24) is 0 Å². The van der Waals surface area contributed by atoms with Crippen molar-refractivity contribution in [3.8, 4) is 5.75 Å². The first kappa shape index (κ1) is 22.9. The van der Waals surface area contributed by atoms with Gasteiger partial charge in [-0.25, -0.2) is 8.42 Å². The van der Waals surface area contributed by atoms with Gasteiger partial charge in [-0.15, -0.1) is 0 Å². The van der Waals surface area contributed by atoms with Crippen molar-refractivity contribution in [2.75, 3.05) is 23.3 Å². The first-order valence-corrected chi connectivity index (χ1v) is 12.9. The second kappa shape index (κ2) is 9.07. The van der Waals surface area contributed by atoms with E-state index in [1.807, 2.05) is 31.2 Å². The minimum Gasteiger partial charge on any atom is -0.495 e. The summed E-state index contributed by atoms with van der Waals surface area (Å²) < 4.78 is 33.9. The molecule has 0 heterocycles. The number of carbonyl (C=O) groups excluding carboxylic acids is 1. The van der Waals surface area contributed by atoms with E-state index >= 15 is 0 Å². The molecule has 0 saturated heterocycles. The third kappa shape index (κ3) is 4.23. The van der Waals surface area contributed by atoms with Gasteiger partial charge in [-0.3, -0.25) is 9.10 Å². The average molecular weight is 487 g/mol. The van der Waals surface area contributed by atoms with Gasteiger partial charge in [0, 0.05) is 11.1 Å². The molecular formula is C28H26N2O4S. The molecule has 1 N–H and O–H groups in total. The molecule has 7 heteroatoms. The fourth-order valence-corrected chi connectivity index (χ4v) is 6.08. The van der Waals surface area contributed by atoms with Crippen LogP contribution in [0.4, 0.5) is 11.4 Å². The van der Waals surface area contributed by atoms with Crippen LogP contribution in [0.1, 0.15) is 16.7 Å². The number of carbonyl (C=O) groups is 1. The number of amides is 1. The third-order valence-corrected chi connectivity index (χ3v) is 8.17. The molecule has 0 aromatic heterocycles. The molecular weight excluding hydrogens is 460 g/mol. The van der Waals surface area contributed by atoms with Crippen molar-refractivity contribution < 1.29 is 17.9 Å². The second-order valence-corrected chi connectivity index (χ2v) is 10.5. The van der Waals surface area contributed by atoms with Crippen LogP contribution < -0.4 is 14.4 Å². The van der Waals surface area contributed by atoms with Crippen molar-refractivity contribution in [3.63, 3.8) is 0 Å². The summed E-state index contributed by atoms with van der Waals surface area (Å²) in [4.78, 5) is 13.4. The van der Waals surface area contributed by atoms with Gasteiger partial charge in [0.05, 0.1) is 17.7 Å². The van der Waals surface area contributed by atoms with Crippen LogP contribution in [-0.4, -0.2) is 28.0 Å². The largest absolute Gasteiger partial charge is 0.495 e. The highest BCUT2D eigenvalue weighted by Gasteiger charge is 2.29. The predicted octanol–water partition coefficient (Wildman–Crippen LogP) is 5.09. The van der Waals surface area contributed by atoms with E-state index in [0.29, 0.717) is 17.1 Å². The summed E-state index contributed by atoms with van der Waals surface area (Å²) in [5.74, 6) is -0.0772. The smallest absolute Gasteiger partial charge is 0.264 e. The molecule has 1 amide bonds. The molecule has 4 aromatic rings. The van der Waals surface area contributed by atoms with Crippen LogP contribution in [0.3, 0.4) is 0 Å². The average Bonchev–Trinajstić information content (AvgIpc) is 3.29. The Bertz CT molecular complexity index is 1520. The Morgan fingerprint density at radius 2 is 1.63 bits per heavy atom. The number of sulfonamides is 1. The lowest BCUT2D eigenvalue weighted by Gasteiger charge is -2.25. The number of methoxy groups -OCH3 is 1. The maximum absolute atomic E-state index is 13.7. The lowest BCUT2D eigenvalue weighted by atomic mass is 10.0. The van der Waals surface area contributed by atoms with Gasteiger partial charge in [0.2, 0.25) is 5.91 Å². The summed E-state index contributed by atoms with van der Waals surface area (Å²) in [6, 6.07) is 23.4. The van der Waals surface area contributed by atoms with Gasteiger partial charge in [0.15, 0.2) is 0 Å². The summed E-state index contributed by atoms with van der Waals surface area (Å²) in [6.07, 6.45) is 1.97. The highest BCUT2D eigenvalue weighted by Crippen LogP contribution is 2.36. The fourth-order valence-electron chi connectivity index (χ4n) is 4.65. The number of ether oxygens (including phenoxy) is 1. The maximum Gasteiger partial charge on any atom is 0.264 e. The molecule has 0 atom stereocenters. The first-order chi connectivity index (χ1) is 16.9. The number of aryl methyl sites for hydroxylation is 3. The van der Waals surface area contributed by atoms with Gasteiger partial charge in [0.1, 0.15) is 12.3 Å². The minimum atomic E-state index is -4.04. The summed E-state index contributed by atoms with van der Waals surface area (Å²) >= 11 is 0. The molecule has 0 saturated carbocycles. The van der Waals surface area contributed by atoms with E-state index in [4.69, 9.17) is 4.74 Å². The monoisotopic (exact) mass is 486 g/mol. The van der Waals surface area contributed by atoms with Crippen molar-refractivity contribution in [3.05, 3.63) is 95.6 Å². The quantitative estimate of drug-likeness (QED) is 0.395. The van der Waals surface area contributed by atoms with Crippen molar-refractivity contribution in [2.45, 2.75) is 24.7 Å². The van der Waals surface area contributed by atoms with Crippen LogP contribution in [0.25, 0.3) is 10.8 Å². The van der Waals surface area contributed by atoms with Crippen LogP contribution in [-0.2, 0) is 27.7 Å². The van der Waals surface area contributed by atoms with Crippen molar-refractivity contribution in [2.24, 2.45) is 0 Å². The number of nitrogens with zero attached hydrogens (tertiary/aromatic N) is 1.